The van der Waals surface area contributed by atoms with Crippen LogP contribution in [0.15, 0.2) is 12.4 Å². The van der Waals surface area contributed by atoms with E-state index < -0.39 is 24.3 Å². The van der Waals surface area contributed by atoms with Gasteiger partial charge in [-0.05, 0) is 37.5 Å². The second-order valence-electron chi connectivity index (χ2n) is 12.4. The van der Waals surface area contributed by atoms with Crippen molar-refractivity contribution in [1.29, 1.82) is 0 Å². The fraction of sp³-hybridized carbons (Fsp3) is 0.625. The number of H-pyrrole nitrogens is 2. The average Bonchev–Trinajstić information content (AvgIpc) is 3.86. The maximum atomic E-state index is 13.4. The Balaban J connectivity index is 1.34. The Hall–Kier alpha value is -4.54. The van der Waals surface area contributed by atoms with Crippen molar-refractivity contribution in [2.75, 3.05) is 27.3 Å². The van der Waals surface area contributed by atoms with Crippen LogP contribution in [0.2, 0.25) is 0 Å². The fourth-order valence-corrected chi connectivity index (χ4v) is 5.97. The van der Waals surface area contributed by atoms with Gasteiger partial charge in [0.25, 0.3) is 0 Å². The van der Waals surface area contributed by atoms with Gasteiger partial charge in [0.2, 0.25) is 11.8 Å². The molecule has 0 spiro atoms. The maximum absolute atomic E-state index is 13.4. The molecule has 14 nitrogen and oxygen atoms in total. The number of likely N-dealkylation sites (tertiary alicyclic amines) is 2. The van der Waals surface area contributed by atoms with E-state index >= 15 is 0 Å². The van der Waals surface area contributed by atoms with Gasteiger partial charge in [-0.15, -0.1) is 0 Å². The molecule has 2 aromatic rings. The lowest BCUT2D eigenvalue weighted by Gasteiger charge is -2.30. The number of aromatic nitrogens is 4. The number of alkyl carbamates (subject to hydrolysis) is 2. The first-order valence-corrected chi connectivity index (χ1v) is 15.9. The van der Waals surface area contributed by atoms with Crippen LogP contribution in [0.4, 0.5) is 9.59 Å². The van der Waals surface area contributed by atoms with Crippen LogP contribution < -0.4 is 10.6 Å². The van der Waals surface area contributed by atoms with Gasteiger partial charge in [-0.3, -0.25) is 9.59 Å². The molecule has 4 N–H and O–H groups in total. The first kappa shape index (κ1) is 34.3. The summed E-state index contributed by atoms with van der Waals surface area (Å²) in [4.78, 5) is 69.7. The van der Waals surface area contributed by atoms with Gasteiger partial charge in [-0.25, -0.2) is 19.6 Å². The molecule has 2 aromatic heterocycles. The number of amides is 4. The van der Waals surface area contributed by atoms with E-state index in [-0.39, 0.29) is 35.7 Å². The third kappa shape index (κ3) is 8.18. The van der Waals surface area contributed by atoms with Crippen LogP contribution in [0.3, 0.4) is 0 Å². The zero-order valence-corrected chi connectivity index (χ0v) is 27.5. The van der Waals surface area contributed by atoms with Crippen LogP contribution in [0.25, 0.3) is 0 Å². The molecule has 46 heavy (non-hydrogen) atoms. The highest BCUT2D eigenvalue weighted by molar-refractivity contribution is 5.87. The number of ether oxygens (including phenoxy) is 2. The van der Waals surface area contributed by atoms with Crippen LogP contribution in [0.1, 0.15) is 88.5 Å². The monoisotopic (exact) mass is 638 g/mol. The van der Waals surface area contributed by atoms with Crippen molar-refractivity contribution in [3.8, 4) is 11.8 Å². The van der Waals surface area contributed by atoms with Crippen molar-refractivity contribution >= 4 is 24.0 Å². The number of hydrogen-bond acceptors (Lipinski definition) is 8. The lowest BCUT2D eigenvalue weighted by atomic mass is 10.0. The molecule has 4 rings (SSSR count). The summed E-state index contributed by atoms with van der Waals surface area (Å²) in [6, 6.07) is -1.77. The zero-order chi connectivity index (χ0) is 33.4. The summed E-state index contributed by atoms with van der Waals surface area (Å²) in [7, 11) is 2.56. The van der Waals surface area contributed by atoms with Gasteiger partial charge in [0, 0.05) is 36.9 Å². The molecule has 2 aliphatic rings. The van der Waals surface area contributed by atoms with Crippen LogP contribution in [0, 0.1) is 23.7 Å². The van der Waals surface area contributed by atoms with E-state index in [0.717, 1.165) is 37.1 Å². The fourth-order valence-electron chi connectivity index (χ4n) is 5.97. The van der Waals surface area contributed by atoms with E-state index in [1.807, 2.05) is 27.7 Å². The van der Waals surface area contributed by atoms with Gasteiger partial charge in [-0.1, -0.05) is 39.5 Å². The zero-order valence-electron chi connectivity index (χ0n) is 27.5. The minimum atomic E-state index is -0.686. The summed E-state index contributed by atoms with van der Waals surface area (Å²) in [5, 5.41) is 5.33. The summed E-state index contributed by atoms with van der Waals surface area (Å²) in [5.74, 6) is 7.26. The maximum Gasteiger partial charge on any atom is 0.407 e. The van der Waals surface area contributed by atoms with Gasteiger partial charge in [0.15, 0.2) is 0 Å². The number of methoxy groups -OCH3 is 2. The standard InChI is InChI=1S/C32H46N8O6/c1-19(2)25(37-31(43)45-5)29(41)39-15-9-13-23(39)27-33-17-21(35-27)11-7-8-12-22-18-34-28(36-22)24-14-10-16-40(24)30(42)26(20(3)4)38-32(44)46-6/h17-20,23-26H,9-16H2,1-6H3,(H,33,35)(H,34,36)(H,37,43)(H,38,44)/t23-,24-,25-,26-/m0/s1. The van der Waals surface area contributed by atoms with E-state index in [9.17, 15) is 19.2 Å². The number of hydrogen-bond donors (Lipinski definition) is 4. The Morgan fingerprint density at radius 2 is 1.17 bits per heavy atom. The first-order chi connectivity index (χ1) is 22.0. The normalized spacial score (nSPS) is 19.0. The molecule has 0 aromatic carbocycles. The molecule has 0 aliphatic carbocycles. The second kappa shape index (κ2) is 15.6. The number of rotatable bonds is 10. The Kier molecular flexibility index (Phi) is 11.7. The third-order valence-corrected chi connectivity index (χ3v) is 8.46. The molecule has 2 saturated heterocycles. The predicted molar refractivity (Wildman–Crippen MR) is 168 cm³/mol. The highest BCUT2D eigenvalue weighted by Gasteiger charge is 2.38. The van der Waals surface area contributed by atoms with Crippen molar-refractivity contribution in [1.82, 2.24) is 40.4 Å². The van der Waals surface area contributed by atoms with Crippen LogP contribution >= 0.6 is 0 Å². The highest BCUT2D eigenvalue weighted by Crippen LogP contribution is 2.32. The van der Waals surface area contributed by atoms with Crippen molar-refractivity contribution in [2.45, 2.75) is 90.4 Å². The average molecular weight is 639 g/mol. The number of nitrogens with zero attached hydrogens (tertiary/aromatic N) is 4. The van der Waals surface area contributed by atoms with Crippen molar-refractivity contribution in [3.05, 3.63) is 35.4 Å². The summed E-state index contributed by atoms with van der Waals surface area (Å²) >= 11 is 0. The van der Waals surface area contributed by atoms with Crippen molar-refractivity contribution < 1.29 is 28.7 Å². The van der Waals surface area contributed by atoms with Gasteiger partial charge in [0.05, 0.1) is 39.1 Å². The Morgan fingerprint density at radius 1 is 0.783 bits per heavy atom. The molecule has 4 atom stereocenters. The topological polar surface area (TPSA) is 175 Å². The smallest absolute Gasteiger partial charge is 0.407 e. The molecular weight excluding hydrogens is 592 g/mol. The molecule has 0 bridgehead atoms. The number of imidazole rings is 2. The molecule has 250 valence electrons. The van der Waals surface area contributed by atoms with Crippen LogP contribution in [-0.4, -0.2) is 93.1 Å². The SMILES string of the molecule is COC(=O)N[C@H](C(=O)N1CCC[C@H]1c1ncc(CC#CCc2cnc([C@@H]3CCCN3C(=O)[C@@H](NC(=O)OC)C(C)C)[nH]2)[nH]1)C(C)C. The Morgan fingerprint density at radius 3 is 1.52 bits per heavy atom. The quantitative estimate of drug-likeness (QED) is 0.287. The summed E-state index contributed by atoms with van der Waals surface area (Å²) < 4.78 is 9.42. The Labute approximate surface area is 269 Å². The van der Waals surface area contributed by atoms with Gasteiger partial charge >= 0.3 is 12.2 Å². The lowest BCUT2D eigenvalue weighted by molar-refractivity contribution is -0.136. The first-order valence-electron chi connectivity index (χ1n) is 15.9. The molecule has 0 unspecified atom stereocenters. The summed E-state index contributed by atoms with van der Waals surface area (Å²) in [6.07, 6.45) is 6.40. The lowest BCUT2D eigenvalue weighted by Crippen LogP contribution is -2.51. The minimum Gasteiger partial charge on any atom is -0.453 e. The molecule has 0 saturated carbocycles. The summed E-state index contributed by atoms with van der Waals surface area (Å²) in [5.41, 5.74) is 1.70. The molecule has 14 heteroatoms. The van der Waals surface area contributed by atoms with E-state index in [0.29, 0.717) is 37.6 Å². The Bertz CT molecular complexity index is 1330. The second-order valence-corrected chi connectivity index (χ2v) is 12.4. The van der Waals surface area contributed by atoms with Gasteiger partial charge < -0.3 is 39.9 Å². The molecule has 2 fully saturated rings. The number of carbonyl (C=O) groups excluding carboxylic acids is 4. The predicted octanol–water partition coefficient (Wildman–Crippen LogP) is 3.01. The largest absolute Gasteiger partial charge is 0.453 e. The number of nitrogens with one attached hydrogen (secondary N) is 4. The molecule has 4 amide bonds. The molecule has 2 aliphatic heterocycles. The van der Waals surface area contributed by atoms with E-state index in [1.165, 1.54) is 14.2 Å². The highest BCUT2D eigenvalue weighted by atomic mass is 16.5. The summed E-state index contributed by atoms with van der Waals surface area (Å²) in [6.45, 7) is 8.73. The van der Waals surface area contributed by atoms with Crippen LogP contribution in [-0.2, 0) is 31.9 Å². The molecule has 0 radical (unpaired) electrons. The molecule has 4 heterocycles. The van der Waals surface area contributed by atoms with E-state index in [1.54, 1.807) is 22.2 Å². The number of aromatic amines is 2. The van der Waals surface area contributed by atoms with Crippen molar-refractivity contribution in [3.63, 3.8) is 0 Å². The molecular formula is C32H46N8O6. The third-order valence-electron chi connectivity index (χ3n) is 8.46. The van der Waals surface area contributed by atoms with E-state index in [4.69, 9.17) is 9.47 Å². The van der Waals surface area contributed by atoms with Crippen LogP contribution in [0.5, 0.6) is 0 Å². The number of carbonyl (C=O) groups is 4. The van der Waals surface area contributed by atoms with E-state index in [2.05, 4.69) is 42.4 Å². The van der Waals surface area contributed by atoms with Gasteiger partial charge in [0.1, 0.15) is 23.7 Å². The minimum absolute atomic E-state index is 0.103. The van der Waals surface area contributed by atoms with Gasteiger partial charge in [-0.2, -0.15) is 0 Å². The van der Waals surface area contributed by atoms with Crippen molar-refractivity contribution in [2.24, 2.45) is 11.8 Å².